The maximum atomic E-state index is 13.6. The minimum absolute atomic E-state index is 0.0229. The van der Waals surface area contributed by atoms with E-state index in [0.29, 0.717) is 17.0 Å². The van der Waals surface area contributed by atoms with Crippen molar-refractivity contribution in [2.75, 3.05) is 31.0 Å². The van der Waals surface area contributed by atoms with E-state index < -0.39 is 17.7 Å². The molecule has 0 spiro atoms. The maximum absolute atomic E-state index is 13.6. The molecular weight excluding hydrogens is 466 g/mol. The van der Waals surface area contributed by atoms with Gasteiger partial charge in [-0.2, -0.15) is 0 Å². The first-order chi connectivity index (χ1) is 17.7. The van der Waals surface area contributed by atoms with Crippen LogP contribution in [0, 0.1) is 13.8 Å². The van der Waals surface area contributed by atoms with Crippen molar-refractivity contribution < 1.29 is 19.4 Å². The molecule has 1 saturated heterocycles. The van der Waals surface area contributed by atoms with Crippen molar-refractivity contribution in [2.45, 2.75) is 19.9 Å². The molecule has 1 unspecified atom stereocenters. The molecule has 7 nitrogen and oxygen atoms in total. The van der Waals surface area contributed by atoms with Crippen LogP contribution < -0.4 is 14.5 Å². The number of rotatable bonds is 5. The smallest absolute Gasteiger partial charge is 0.300 e. The van der Waals surface area contributed by atoms with E-state index in [4.69, 9.17) is 4.74 Å². The zero-order chi connectivity index (χ0) is 26.4. The first-order valence-electron chi connectivity index (χ1n) is 12.0. The highest BCUT2D eigenvalue weighted by Crippen LogP contribution is 2.45. The van der Waals surface area contributed by atoms with Gasteiger partial charge in [0.25, 0.3) is 11.7 Å². The van der Waals surface area contributed by atoms with Crippen LogP contribution in [-0.4, -0.2) is 43.0 Å². The van der Waals surface area contributed by atoms with Gasteiger partial charge in [-0.3, -0.25) is 14.5 Å². The van der Waals surface area contributed by atoms with Crippen molar-refractivity contribution in [3.05, 3.63) is 94.7 Å². The molecule has 1 aliphatic heterocycles. The zero-order valence-electron chi connectivity index (χ0n) is 21.5. The number of carbonyl (C=O) groups excluding carboxylic acids is 2. The van der Waals surface area contributed by atoms with Crippen molar-refractivity contribution in [1.82, 2.24) is 4.98 Å². The number of aryl methyl sites for hydroxylation is 2. The topological polar surface area (TPSA) is 85.9 Å². The summed E-state index contributed by atoms with van der Waals surface area (Å²) in [5.74, 6) is -1.24. The lowest BCUT2D eigenvalue weighted by Gasteiger charge is -2.26. The predicted molar refractivity (Wildman–Crippen MR) is 146 cm³/mol. The molecule has 7 heteroatoms. The van der Waals surface area contributed by atoms with Crippen LogP contribution in [0.1, 0.15) is 28.3 Å². The number of hydrogen-bond donors (Lipinski definition) is 2. The van der Waals surface area contributed by atoms with Crippen LogP contribution in [0.5, 0.6) is 5.75 Å². The molecule has 3 aromatic carbocycles. The molecule has 1 aromatic heterocycles. The number of aliphatic hydroxyl groups is 1. The molecular formula is C30H29N3O4. The Balaban J connectivity index is 1.79. The van der Waals surface area contributed by atoms with E-state index in [-0.39, 0.29) is 11.3 Å². The predicted octanol–water partition coefficient (Wildman–Crippen LogP) is 5.49. The number of benzene rings is 3. The Morgan fingerprint density at radius 1 is 1.03 bits per heavy atom. The summed E-state index contributed by atoms with van der Waals surface area (Å²) in [6.45, 7) is 3.79. The Morgan fingerprint density at radius 3 is 2.41 bits per heavy atom. The van der Waals surface area contributed by atoms with Crippen LogP contribution in [0.3, 0.4) is 0 Å². The van der Waals surface area contributed by atoms with Crippen LogP contribution in [-0.2, 0) is 9.59 Å². The van der Waals surface area contributed by atoms with Gasteiger partial charge in [-0.1, -0.05) is 24.3 Å². The van der Waals surface area contributed by atoms with E-state index in [1.54, 1.807) is 12.3 Å². The van der Waals surface area contributed by atoms with Crippen LogP contribution in [0.4, 0.5) is 11.4 Å². The van der Waals surface area contributed by atoms with Crippen LogP contribution in [0.15, 0.2) is 72.4 Å². The van der Waals surface area contributed by atoms with E-state index in [0.717, 1.165) is 33.3 Å². The van der Waals surface area contributed by atoms with Gasteiger partial charge >= 0.3 is 0 Å². The minimum atomic E-state index is -0.841. The number of carbonyl (C=O) groups is 2. The minimum Gasteiger partial charge on any atom is -0.507 e. The third-order valence-electron chi connectivity index (χ3n) is 6.88. The number of aromatic nitrogens is 1. The van der Waals surface area contributed by atoms with E-state index in [9.17, 15) is 14.7 Å². The number of Topliss-reactive ketones (excluding diaryl/α,β-unsaturated/α-hetero) is 1. The molecule has 0 bridgehead atoms. The molecule has 1 fully saturated rings. The van der Waals surface area contributed by atoms with Gasteiger partial charge in [-0.05, 0) is 61.4 Å². The molecule has 37 heavy (non-hydrogen) atoms. The number of hydrogen-bond acceptors (Lipinski definition) is 5. The summed E-state index contributed by atoms with van der Waals surface area (Å²) in [5, 5.41) is 12.5. The largest absolute Gasteiger partial charge is 0.507 e. The summed E-state index contributed by atoms with van der Waals surface area (Å²) in [7, 11) is 5.39. The number of nitrogens with zero attached hydrogens (tertiary/aromatic N) is 2. The monoisotopic (exact) mass is 495 g/mol. The Morgan fingerprint density at radius 2 is 1.73 bits per heavy atom. The molecule has 2 N–H and O–H groups in total. The second-order valence-electron chi connectivity index (χ2n) is 9.53. The SMILES string of the molecule is COc1c(C)cc(C)cc1/C(O)=C1\C(=O)C(=O)N(c2ccc(N(C)C)cc2)C1c1c[nH]c2ccccc12. The molecule has 4 aromatic rings. The summed E-state index contributed by atoms with van der Waals surface area (Å²) < 4.78 is 5.60. The third-order valence-corrected chi connectivity index (χ3v) is 6.88. The summed E-state index contributed by atoms with van der Waals surface area (Å²) in [4.78, 5) is 33.9. The number of para-hydroxylation sites is 1. The van der Waals surface area contributed by atoms with E-state index in [1.807, 2.05) is 87.4 Å². The fourth-order valence-corrected chi connectivity index (χ4v) is 5.17. The van der Waals surface area contributed by atoms with Gasteiger partial charge in [0.1, 0.15) is 11.5 Å². The first kappa shape index (κ1) is 24.2. The molecule has 1 atom stereocenters. The fourth-order valence-electron chi connectivity index (χ4n) is 5.17. The van der Waals surface area contributed by atoms with Crippen LogP contribution >= 0.6 is 0 Å². The number of nitrogens with one attached hydrogen (secondary N) is 1. The van der Waals surface area contributed by atoms with Crippen LogP contribution in [0.2, 0.25) is 0 Å². The lowest BCUT2D eigenvalue weighted by Crippen LogP contribution is -2.29. The van der Waals surface area contributed by atoms with Gasteiger partial charge in [0, 0.05) is 48.1 Å². The lowest BCUT2D eigenvalue weighted by molar-refractivity contribution is -0.132. The van der Waals surface area contributed by atoms with Crippen LogP contribution in [0.25, 0.3) is 16.7 Å². The zero-order valence-corrected chi connectivity index (χ0v) is 21.5. The molecule has 0 aliphatic carbocycles. The van der Waals surface area contributed by atoms with E-state index in [1.165, 1.54) is 12.0 Å². The normalized spacial score (nSPS) is 17.0. The highest BCUT2D eigenvalue weighted by Gasteiger charge is 2.48. The third kappa shape index (κ3) is 3.93. The van der Waals surface area contributed by atoms with Gasteiger partial charge in [0.15, 0.2) is 0 Å². The van der Waals surface area contributed by atoms with Crippen molar-refractivity contribution in [2.24, 2.45) is 0 Å². The van der Waals surface area contributed by atoms with E-state index in [2.05, 4.69) is 4.98 Å². The van der Waals surface area contributed by atoms with Gasteiger partial charge in [0.05, 0.1) is 24.3 Å². The van der Waals surface area contributed by atoms with Gasteiger partial charge < -0.3 is 19.7 Å². The highest BCUT2D eigenvalue weighted by molar-refractivity contribution is 6.52. The first-order valence-corrected chi connectivity index (χ1v) is 12.0. The summed E-state index contributed by atoms with van der Waals surface area (Å²) in [6, 6.07) is 18.0. The van der Waals surface area contributed by atoms with Gasteiger partial charge in [-0.25, -0.2) is 0 Å². The lowest BCUT2D eigenvalue weighted by atomic mass is 9.93. The summed E-state index contributed by atoms with van der Waals surface area (Å²) >= 11 is 0. The standard InChI is InChI=1S/C30H29N3O4/c1-17-14-18(2)29(37-5)22(15-17)27(34)25-26(23-16-31-24-9-7-6-8-21(23)24)33(30(36)28(25)35)20-12-10-19(11-13-20)32(3)4/h6-16,26,31,34H,1-5H3/b27-25+. The van der Waals surface area contributed by atoms with Gasteiger partial charge in [-0.15, -0.1) is 0 Å². The highest BCUT2D eigenvalue weighted by atomic mass is 16.5. The summed E-state index contributed by atoms with van der Waals surface area (Å²) in [6.07, 6.45) is 1.80. The molecule has 5 rings (SSSR count). The second kappa shape index (κ2) is 9.17. The number of methoxy groups -OCH3 is 1. The molecule has 2 heterocycles. The molecule has 1 amide bonds. The number of aromatic amines is 1. The van der Waals surface area contributed by atoms with Crippen molar-refractivity contribution in [3.63, 3.8) is 0 Å². The Kier molecular flexibility index (Phi) is 5.99. The number of H-pyrrole nitrogens is 1. The van der Waals surface area contributed by atoms with Gasteiger partial charge in [0.2, 0.25) is 0 Å². The quantitative estimate of drug-likeness (QED) is 0.217. The van der Waals surface area contributed by atoms with E-state index >= 15 is 0 Å². The number of amides is 1. The molecule has 0 radical (unpaired) electrons. The number of fused-ring (bicyclic) bond motifs is 1. The van der Waals surface area contributed by atoms with Crippen molar-refractivity contribution in [1.29, 1.82) is 0 Å². The molecule has 0 saturated carbocycles. The Labute approximate surface area is 215 Å². The Hall–Kier alpha value is -4.52. The average Bonchev–Trinajstić information content (AvgIpc) is 3.41. The second-order valence-corrected chi connectivity index (χ2v) is 9.53. The maximum Gasteiger partial charge on any atom is 0.300 e. The van der Waals surface area contributed by atoms with Crippen molar-refractivity contribution in [3.8, 4) is 5.75 Å². The molecule has 1 aliphatic rings. The number of anilines is 2. The number of ketones is 1. The summed E-state index contributed by atoms with van der Waals surface area (Å²) in [5.41, 5.74) is 5.24. The number of aliphatic hydroxyl groups excluding tert-OH is 1. The fraction of sp³-hybridized carbons (Fsp3) is 0.200. The average molecular weight is 496 g/mol. The number of ether oxygens (including phenoxy) is 1. The Bertz CT molecular complexity index is 1560. The van der Waals surface area contributed by atoms with Crippen molar-refractivity contribution >= 4 is 39.7 Å². The molecule has 188 valence electrons.